The van der Waals surface area contributed by atoms with Crippen molar-refractivity contribution in [3.05, 3.63) is 33.9 Å². The second-order valence-corrected chi connectivity index (χ2v) is 4.58. The maximum Gasteiger partial charge on any atom is 0.121 e. The molecule has 90 valence electrons. The van der Waals surface area contributed by atoms with E-state index < -0.39 is 0 Å². The van der Waals surface area contributed by atoms with Crippen molar-refractivity contribution in [2.24, 2.45) is 7.05 Å². The molecule has 0 radical (unpaired) electrons. The minimum atomic E-state index is 0.553. The summed E-state index contributed by atoms with van der Waals surface area (Å²) in [5, 5.41) is 5.39. The molecule has 3 nitrogen and oxygen atoms in total. The van der Waals surface area contributed by atoms with Gasteiger partial charge in [0.05, 0.1) is 28.5 Å². The maximum absolute atomic E-state index is 6.22. The molecule has 5 heteroatoms. The fraction of sp³-hybridized carbons (Fsp3) is 0.250. The van der Waals surface area contributed by atoms with Crippen LogP contribution in [0.4, 0.5) is 0 Å². The molecule has 0 aliphatic heterocycles. The van der Waals surface area contributed by atoms with Crippen LogP contribution in [0.15, 0.2) is 18.2 Å². The van der Waals surface area contributed by atoms with Crippen molar-refractivity contribution in [3.8, 4) is 17.0 Å². The van der Waals surface area contributed by atoms with E-state index >= 15 is 0 Å². The molecule has 0 fully saturated rings. The molecule has 0 N–H and O–H groups in total. The largest absolute Gasteiger partial charge is 0.497 e. The molecule has 0 atom stereocenters. The van der Waals surface area contributed by atoms with Gasteiger partial charge in [-0.2, -0.15) is 5.10 Å². The number of rotatable bonds is 2. The van der Waals surface area contributed by atoms with Crippen molar-refractivity contribution in [2.45, 2.75) is 6.92 Å². The van der Waals surface area contributed by atoms with Gasteiger partial charge >= 0.3 is 0 Å². The summed E-state index contributed by atoms with van der Waals surface area (Å²) in [6.07, 6.45) is 0. The number of nitrogens with zero attached hydrogens (tertiary/aromatic N) is 2. The summed E-state index contributed by atoms with van der Waals surface area (Å²) >= 11 is 12.4. The van der Waals surface area contributed by atoms with E-state index in [9.17, 15) is 0 Å². The molecule has 0 amide bonds. The summed E-state index contributed by atoms with van der Waals surface area (Å²) in [5.74, 6) is 0.641. The molecule has 17 heavy (non-hydrogen) atoms. The molecule has 0 saturated heterocycles. The number of hydrogen-bond donors (Lipinski definition) is 0. The summed E-state index contributed by atoms with van der Waals surface area (Å²) in [6, 6.07) is 5.43. The van der Waals surface area contributed by atoms with Crippen molar-refractivity contribution in [1.29, 1.82) is 0 Å². The first kappa shape index (κ1) is 12.3. The highest BCUT2D eigenvalue weighted by molar-refractivity contribution is 6.39. The number of hydrogen-bond acceptors (Lipinski definition) is 2. The second kappa shape index (κ2) is 4.59. The van der Waals surface area contributed by atoms with Crippen LogP contribution in [0.1, 0.15) is 5.69 Å². The smallest absolute Gasteiger partial charge is 0.121 e. The molecule has 0 saturated carbocycles. The highest BCUT2D eigenvalue weighted by atomic mass is 35.5. The van der Waals surface area contributed by atoms with Crippen molar-refractivity contribution in [1.82, 2.24) is 9.78 Å². The van der Waals surface area contributed by atoms with Gasteiger partial charge in [0.15, 0.2) is 0 Å². The first-order chi connectivity index (χ1) is 8.02. The standard InChI is InChI=1S/C12H12Cl2N2O/c1-7-4-11(16(2)15-7)12-9(13)5-8(17-3)6-10(12)14/h4-6H,1-3H3. The van der Waals surface area contributed by atoms with Gasteiger partial charge in [-0.05, 0) is 25.1 Å². The third-order valence-corrected chi connectivity index (χ3v) is 3.11. The molecule has 1 aromatic carbocycles. The van der Waals surface area contributed by atoms with Gasteiger partial charge in [-0.3, -0.25) is 4.68 Å². The molecular formula is C12H12Cl2N2O. The number of halogens is 2. The lowest BCUT2D eigenvalue weighted by molar-refractivity contribution is 0.415. The molecule has 1 heterocycles. The normalized spacial score (nSPS) is 10.6. The van der Waals surface area contributed by atoms with Crippen molar-refractivity contribution in [2.75, 3.05) is 7.11 Å². The number of ether oxygens (including phenoxy) is 1. The van der Waals surface area contributed by atoms with Crippen LogP contribution in [0, 0.1) is 6.92 Å². The van der Waals surface area contributed by atoms with Crippen LogP contribution in [0.5, 0.6) is 5.75 Å². The van der Waals surface area contributed by atoms with Crippen LogP contribution in [-0.2, 0) is 7.05 Å². The average molecular weight is 271 g/mol. The Labute approximate surface area is 110 Å². The Hall–Kier alpha value is -1.19. The summed E-state index contributed by atoms with van der Waals surface area (Å²) in [5.41, 5.74) is 2.59. The molecule has 0 unspecified atom stereocenters. The number of aromatic nitrogens is 2. The fourth-order valence-corrected chi connectivity index (χ4v) is 2.42. The van der Waals surface area contributed by atoms with E-state index in [1.165, 1.54) is 0 Å². The van der Waals surface area contributed by atoms with Crippen molar-refractivity contribution >= 4 is 23.2 Å². The predicted octanol–water partition coefficient (Wildman–Crippen LogP) is 3.71. The van der Waals surface area contributed by atoms with E-state index in [4.69, 9.17) is 27.9 Å². The first-order valence-corrected chi connectivity index (χ1v) is 5.82. The van der Waals surface area contributed by atoms with Crippen LogP contribution < -0.4 is 4.74 Å². The Bertz CT molecular complexity index is 541. The van der Waals surface area contributed by atoms with Gasteiger partial charge in [-0.25, -0.2) is 0 Å². The quantitative estimate of drug-likeness (QED) is 0.832. The van der Waals surface area contributed by atoms with Crippen molar-refractivity contribution in [3.63, 3.8) is 0 Å². The molecule has 2 rings (SSSR count). The minimum Gasteiger partial charge on any atom is -0.497 e. The summed E-state index contributed by atoms with van der Waals surface area (Å²) < 4.78 is 6.87. The molecule has 0 bridgehead atoms. The Morgan fingerprint density at radius 3 is 2.18 bits per heavy atom. The van der Waals surface area contributed by atoms with Crippen LogP contribution in [-0.4, -0.2) is 16.9 Å². The van der Waals surface area contributed by atoms with Gasteiger partial charge in [0.25, 0.3) is 0 Å². The second-order valence-electron chi connectivity index (χ2n) is 3.76. The fourth-order valence-electron chi connectivity index (χ4n) is 1.76. The van der Waals surface area contributed by atoms with Crippen LogP contribution >= 0.6 is 23.2 Å². The molecule has 0 aliphatic rings. The van der Waals surface area contributed by atoms with Crippen LogP contribution in [0.25, 0.3) is 11.3 Å². The molecular weight excluding hydrogens is 259 g/mol. The maximum atomic E-state index is 6.22. The van der Waals surface area contributed by atoms with Gasteiger partial charge < -0.3 is 4.74 Å². The van der Waals surface area contributed by atoms with E-state index in [0.29, 0.717) is 15.8 Å². The number of aryl methyl sites for hydroxylation is 2. The van der Waals surface area contributed by atoms with E-state index in [0.717, 1.165) is 17.0 Å². The van der Waals surface area contributed by atoms with Crippen molar-refractivity contribution < 1.29 is 4.74 Å². The zero-order valence-corrected chi connectivity index (χ0v) is 11.3. The van der Waals surface area contributed by atoms with E-state index in [1.54, 1.807) is 23.9 Å². The molecule has 0 aliphatic carbocycles. The van der Waals surface area contributed by atoms with E-state index in [2.05, 4.69) is 5.10 Å². The van der Waals surface area contributed by atoms with Gasteiger partial charge in [0.2, 0.25) is 0 Å². The summed E-state index contributed by atoms with van der Waals surface area (Å²) in [4.78, 5) is 0. The lowest BCUT2D eigenvalue weighted by Gasteiger charge is -2.09. The third-order valence-electron chi connectivity index (χ3n) is 2.51. The van der Waals surface area contributed by atoms with Gasteiger partial charge in [-0.1, -0.05) is 23.2 Å². The third kappa shape index (κ3) is 2.26. The number of methoxy groups -OCH3 is 1. The summed E-state index contributed by atoms with van der Waals surface area (Å²) in [7, 11) is 3.44. The topological polar surface area (TPSA) is 27.1 Å². The SMILES string of the molecule is COc1cc(Cl)c(-c2cc(C)nn2C)c(Cl)c1. The average Bonchev–Trinajstić information content (AvgIpc) is 2.57. The monoisotopic (exact) mass is 270 g/mol. The zero-order valence-electron chi connectivity index (χ0n) is 9.79. The lowest BCUT2D eigenvalue weighted by Crippen LogP contribution is -1.95. The molecule has 0 spiro atoms. The Balaban J connectivity index is 2.63. The lowest BCUT2D eigenvalue weighted by atomic mass is 10.1. The minimum absolute atomic E-state index is 0.553. The Morgan fingerprint density at radius 2 is 1.76 bits per heavy atom. The highest BCUT2D eigenvalue weighted by Crippen LogP contribution is 2.37. The molecule has 2 aromatic rings. The predicted molar refractivity (Wildman–Crippen MR) is 70.0 cm³/mol. The highest BCUT2D eigenvalue weighted by Gasteiger charge is 2.14. The van der Waals surface area contributed by atoms with Gasteiger partial charge in [-0.15, -0.1) is 0 Å². The van der Waals surface area contributed by atoms with Gasteiger partial charge in [0.1, 0.15) is 5.75 Å². The summed E-state index contributed by atoms with van der Waals surface area (Å²) in [6.45, 7) is 1.93. The van der Waals surface area contributed by atoms with Crippen LogP contribution in [0.3, 0.4) is 0 Å². The Morgan fingerprint density at radius 1 is 1.18 bits per heavy atom. The van der Waals surface area contributed by atoms with E-state index in [1.807, 2.05) is 20.0 Å². The first-order valence-electron chi connectivity index (χ1n) is 5.07. The molecule has 1 aromatic heterocycles. The van der Waals surface area contributed by atoms with Gasteiger partial charge in [0, 0.05) is 12.6 Å². The number of benzene rings is 1. The van der Waals surface area contributed by atoms with E-state index in [-0.39, 0.29) is 0 Å². The van der Waals surface area contributed by atoms with Crippen LogP contribution in [0.2, 0.25) is 10.0 Å². The Kier molecular flexibility index (Phi) is 3.31. The zero-order chi connectivity index (χ0) is 12.6.